The molecule has 2 atom stereocenters. The molecule has 0 bridgehead atoms. The fourth-order valence-electron chi connectivity index (χ4n) is 1.82. The molecule has 2 nitrogen and oxygen atoms in total. The van der Waals surface area contributed by atoms with Crippen LogP contribution in [0, 0.1) is 5.92 Å². The molecule has 0 aromatic carbocycles. The number of carbonyl (C=O) groups excluding carboxylic acids is 1. The molecule has 4 heteroatoms. The SMILES string of the molecule is CCCCCCCCCC(C)C(Br)NC(=O)Br. The lowest BCUT2D eigenvalue weighted by Gasteiger charge is -2.18. The molecule has 0 heterocycles. The first-order chi connectivity index (χ1) is 8.07. The van der Waals surface area contributed by atoms with Crippen molar-refractivity contribution < 1.29 is 4.79 Å². The average Bonchev–Trinajstić information content (AvgIpc) is 2.26. The molecule has 0 aliphatic carbocycles. The highest BCUT2D eigenvalue weighted by Gasteiger charge is 2.14. The van der Waals surface area contributed by atoms with Gasteiger partial charge in [-0.15, -0.1) is 0 Å². The van der Waals surface area contributed by atoms with Gasteiger partial charge in [0.15, 0.2) is 0 Å². The van der Waals surface area contributed by atoms with Crippen LogP contribution in [0.1, 0.15) is 65.2 Å². The van der Waals surface area contributed by atoms with Crippen LogP contribution in [0.4, 0.5) is 4.79 Å². The van der Waals surface area contributed by atoms with E-state index in [1.54, 1.807) is 0 Å². The summed E-state index contributed by atoms with van der Waals surface area (Å²) in [6.45, 7) is 4.41. The number of rotatable bonds is 10. The maximum atomic E-state index is 10.8. The molecule has 0 saturated heterocycles. The van der Waals surface area contributed by atoms with Crippen molar-refractivity contribution in [2.24, 2.45) is 5.92 Å². The molecular formula is C13H25Br2NO. The van der Waals surface area contributed by atoms with Crippen LogP contribution in [-0.2, 0) is 0 Å². The summed E-state index contributed by atoms with van der Waals surface area (Å²) in [4.78, 5) is 10.7. The van der Waals surface area contributed by atoms with Gasteiger partial charge < -0.3 is 5.32 Å². The Balaban J connectivity index is 3.38. The maximum absolute atomic E-state index is 10.8. The van der Waals surface area contributed by atoms with Crippen molar-refractivity contribution in [3.05, 3.63) is 0 Å². The quantitative estimate of drug-likeness (QED) is 0.231. The third-order valence-electron chi connectivity index (χ3n) is 3.01. The molecule has 0 fully saturated rings. The van der Waals surface area contributed by atoms with E-state index in [1.165, 1.54) is 44.9 Å². The summed E-state index contributed by atoms with van der Waals surface area (Å²) in [5.74, 6) is 0.479. The minimum atomic E-state index is -0.147. The standard InChI is InChI=1S/C13H25Br2NO/c1-3-4-5-6-7-8-9-10-11(2)12(14)16-13(15)17/h11-12H,3-10H2,1-2H3,(H,16,17). The predicted octanol–water partition coefficient (Wildman–Crippen LogP) is 5.59. The molecule has 17 heavy (non-hydrogen) atoms. The Morgan fingerprint density at radius 3 is 2.18 bits per heavy atom. The van der Waals surface area contributed by atoms with Crippen LogP contribution in [0.2, 0.25) is 0 Å². The van der Waals surface area contributed by atoms with Crippen LogP contribution in [0.15, 0.2) is 0 Å². The van der Waals surface area contributed by atoms with E-state index in [0.717, 1.165) is 6.42 Å². The maximum Gasteiger partial charge on any atom is 0.288 e. The molecule has 0 aliphatic heterocycles. The average molecular weight is 371 g/mol. The minimum Gasteiger partial charge on any atom is -0.334 e. The summed E-state index contributed by atoms with van der Waals surface area (Å²) in [5, 5.41) is 2.81. The summed E-state index contributed by atoms with van der Waals surface area (Å²) < 4.78 is 0. The Hall–Kier alpha value is 0.430. The van der Waals surface area contributed by atoms with Crippen LogP contribution in [-0.4, -0.2) is 9.77 Å². The van der Waals surface area contributed by atoms with Gasteiger partial charge in [0.1, 0.15) is 0 Å². The summed E-state index contributed by atoms with van der Waals surface area (Å²) in [6.07, 6.45) is 10.5. The minimum absolute atomic E-state index is 0.0782. The third-order valence-corrected chi connectivity index (χ3v) is 4.37. The molecule has 0 radical (unpaired) electrons. The molecule has 0 aliphatic rings. The first kappa shape index (κ1) is 17.4. The van der Waals surface area contributed by atoms with Gasteiger partial charge in [-0.1, -0.05) is 74.7 Å². The van der Waals surface area contributed by atoms with Crippen molar-refractivity contribution in [3.8, 4) is 0 Å². The highest BCUT2D eigenvalue weighted by atomic mass is 79.9. The van der Waals surface area contributed by atoms with Crippen LogP contribution in [0.25, 0.3) is 0 Å². The topological polar surface area (TPSA) is 29.1 Å². The predicted molar refractivity (Wildman–Crippen MR) is 81.9 cm³/mol. The fourth-order valence-corrected chi connectivity index (χ4v) is 2.85. The van der Waals surface area contributed by atoms with E-state index in [1.807, 2.05) is 0 Å². The van der Waals surface area contributed by atoms with Crippen molar-refractivity contribution >= 4 is 36.7 Å². The number of amides is 1. The first-order valence-electron chi connectivity index (χ1n) is 6.68. The molecule has 0 rings (SSSR count). The molecular weight excluding hydrogens is 346 g/mol. The van der Waals surface area contributed by atoms with Gasteiger partial charge in [-0.2, -0.15) is 0 Å². The van der Waals surface area contributed by atoms with E-state index in [-0.39, 0.29) is 9.77 Å². The lowest BCUT2D eigenvalue weighted by molar-refractivity contribution is 0.258. The van der Waals surface area contributed by atoms with Crippen LogP contribution in [0.5, 0.6) is 0 Å². The van der Waals surface area contributed by atoms with Gasteiger partial charge in [-0.05, 0) is 12.3 Å². The van der Waals surface area contributed by atoms with E-state index in [2.05, 4.69) is 51.0 Å². The van der Waals surface area contributed by atoms with Gasteiger partial charge in [0.25, 0.3) is 4.82 Å². The summed E-state index contributed by atoms with van der Waals surface area (Å²) in [5.41, 5.74) is 0. The van der Waals surface area contributed by atoms with Crippen molar-refractivity contribution in [2.75, 3.05) is 0 Å². The Kier molecular flexibility index (Phi) is 11.8. The highest BCUT2D eigenvalue weighted by molar-refractivity contribution is 9.18. The van der Waals surface area contributed by atoms with E-state index in [9.17, 15) is 4.79 Å². The van der Waals surface area contributed by atoms with Crippen LogP contribution >= 0.6 is 31.9 Å². The number of halogens is 2. The highest BCUT2D eigenvalue weighted by Crippen LogP contribution is 2.18. The van der Waals surface area contributed by atoms with Crippen LogP contribution in [0.3, 0.4) is 0 Å². The first-order valence-corrected chi connectivity index (χ1v) is 8.38. The molecule has 102 valence electrons. The number of carbonyl (C=O) groups is 1. The zero-order chi connectivity index (χ0) is 13.1. The smallest absolute Gasteiger partial charge is 0.288 e. The van der Waals surface area contributed by atoms with Gasteiger partial charge in [0.05, 0.1) is 4.95 Å². The van der Waals surface area contributed by atoms with Crippen molar-refractivity contribution in [1.82, 2.24) is 5.32 Å². The van der Waals surface area contributed by atoms with Crippen molar-refractivity contribution in [2.45, 2.75) is 70.2 Å². The molecule has 1 amide bonds. The van der Waals surface area contributed by atoms with E-state index < -0.39 is 0 Å². The number of hydrogen-bond donors (Lipinski definition) is 1. The van der Waals surface area contributed by atoms with Crippen LogP contribution < -0.4 is 5.32 Å². The second kappa shape index (κ2) is 11.5. The Morgan fingerprint density at radius 1 is 1.12 bits per heavy atom. The van der Waals surface area contributed by atoms with Gasteiger partial charge in [-0.25, -0.2) is 0 Å². The molecule has 0 aromatic heterocycles. The zero-order valence-electron chi connectivity index (χ0n) is 11.0. The Labute approximate surface area is 123 Å². The van der Waals surface area contributed by atoms with E-state index in [4.69, 9.17) is 0 Å². The molecule has 0 spiro atoms. The van der Waals surface area contributed by atoms with E-state index in [0.29, 0.717) is 5.92 Å². The van der Waals surface area contributed by atoms with Gasteiger partial charge >= 0.3 is 0 Å². The van der Waals surface area contributed by atoms with Gasteiger partial charge in [-0.3, -0.25) is 4.79 Å². The molecule has 1 N–H and O–H groups in total. The number of alkyl halides is 1. The van der Waals surface area contributed by atoms with Crippen molar-refractivity contribution in [3.63, 3.8) is 0 Å². The summed E-state index contributed by atoms with van der Waals surface area (Å²) >= 11 is 6.37. The number of unbranched alkanes of at least 4 members (excludes halogenated alkanes) is 6. The van der Waals surface area contributed by atoms with E-state index >= 15 is 0 Å². The lowest BCUT2D eigenvalue weighted by Crippen LogP contribution is -2.31. The largest absolute Gasteiger partial charge is 0.334 e. The molecule has 2 unspecified atom stereocenters. The van der Waals surface area contributed by atoms with Crippen molar-refractivity contribution in [1.29, 1.82) is 0 Å². The fraction of sp³-hybridized carbons (Fsp3) is 0.923. The number of hydrogen-bond acceptors (Lipinski definition) is 1. The van der Waals surface area contributed by atoms with Gasteiger partial charge in [0.2, 0.25) is 0 Å². The Morgan fingerprint density at radius 2 is 1.65 bits per heavy atom. The summed E-state index contributed by atoms with van der Waals surface area (Å²) in [6, 6.07) is 0. The third kappa shape index (κ3) is 11.3. The zero-order valence-corrected chi connectivity index (χ0v) is 14.1. The number of nitrogens with one attached hydrogen (secondary N) is 1. The monoisotopic (exact) mass is 369 g/mol. The summed E-state index contributed by atoms with van der Waals surface area (Å²) in [7, 11) is 0. The lowest BCUT2D eigenvalue weighted by atomic mass is 10.0. The normalized spacial score (nSPS) is 14.4. The van der Waals surface area contributed by atoms with Gasteiger partial charge in [0, 0.05) is 15.9 Å². The Bertz CT molecular complexity index is 200. The second-order valence-electron chi connectivity index (χ2n) is 4.71. The second-order valence-corrected chi connectivity index (χ2v) is 6.41. The molecule has 0 aromatic rings. The molecule has 0 saturated carbocycles.